The summed E-state index contributed by atoms with van der Waals surface area (Å²) in [6.07, 6.45) is 1.78. The van der Waals surface area contributed by atoms with Gasteiger partial charge in [0.2, 0.25) is 0 Å². The Bertz CT molecular complexity index is 991. The van der Waals surface area contributed by atoms with E-state index in [4.69, 9.17) is 4.98 Å². The van der Waals surface area contributed by atoms with Crippen LogP contribution in [0.3, 0.4) is 0 Å². The van der Waals surface area contributed by atoms with Gasteiger partial charge in [-0.2, -0.15) is 0 Å². The zero-order chi connectivity index (χ0) is 19.7. The van der Waals surface area contributed by atoms with Crippen molar-refractivity contribution >= 4 is 17.2 Å². The van der Waals surface area contributed by atoms with Crippen molar-refractivity contribution in [3.05, 3.63) is 69.7 Å². The number of carbonyl (C=O) groups excluding carboxylic acids is 1. The second kappa shape index (κ2) is 7.80. The maximum Gasteiger partial charge on any atom is 0.265 e. The van der Waals surface area contributed by atoms with Gasteiger partial charge in [0.05, 0.1) is 11.2 Å². The molecule has 0 unspecified atom stereocenters. The van der Waals surface area contributed by atoms with Crippen molar-refractivity contribution in [2.45, 2.75) is 32.6 Å². The Labute approximate surface area is 168 Å². The molecule has 3 aromatic rings. The van der Waals surface area contributed by atoms with Crippen LogP contribution in [0.25, 0.3) is 11.1 Å². The Morgan fingerprint density at radius 2 is 1.82 bits per heavy atom. The Kier molecular flexibility index (Phi) is 5.22. The maximum absolute atomic E-state index is 13.2. The number of aromatic nitrogens is 2. The Morgan fingerprint density at radius 3 is 2.46 bits per heavy atom. The highest BCUT2D eigenvalue weighted by molar-refractivity contribution is 7.11. The van der Waals surface area contributed by atoms with Gasteiger partial charge in [0.25, 0.3) is 5.91 Å². The summed E-state index contributed by atoms with van der Waals surface area (Å²) in [4.78, 5) is 24.3. The number of amides is 1. The van der Waals surface area contributed by atoms with Crippen molar-refractivity contribution in [3.8, 4) is 11.1 Å². The van der Waals surface area contributed by atoms with Gasteiger partial charge in [0, 0.05) is 30.4 Å². The van der Waals surface area contributed by atoms with Crippen LogP contribution in [0.1, 0.15) is 45.5 Å². The van der Waals surface area contributed by atoms with Gasteiger partial charge in [0.15, 0.2) is 0 Å². The monoisotopic (exact) mass is 395 g/mol. The lowest BCUT2D eigenvalue weighted by Gasteiger charge is -2.31. The second-order valence-corrected chi connectivity index (χ2v) is 8.12. The summed E-state index contributed by atoms with van der Waals surface area (Å²) in [6.45, 7) is 5.32. The number of piperidine rings is 1. The maximum atomic E-state index is 13.2. The number of likely N-dealkylation sites (tertiary alicyclic amines) is 1. The quantitative estimate of drug-likeness (QED) is 0.628. The smallest absolute Gasteiger partial charge is 0.265 e. The highest BCUT2D eigenvalue weighted by atomic mass is 32.1. The van der Waals surface area contributed by atoms with Crippen LogP contribution in [0, 0.1) is 19.7 Å². The molecule has 0 aliphatic carbocycles. The molecule has 0 radical (unpaired) electrons. The minimum Gasteiger partial charge on any atom is -0.338 e. The highest BCUT2D eigenvalue weighted by Gasteiger charge is 2.27. The van der Waals surface area contributed by atoms with Gasteiger partial charge in [-0.15, -0.1) is 11.3 Å². The zero-order valence-corrected chi connectivity index (χ0v) is 16.8. The molecule has 0 saturated carbocycles. The van der Waals surface area contributed by atoms with Crippen LogP contribution in [0.15, 0.2) is 41.9 Å². The number of aryl methyl sites for hydroxylation is 2. The van der Waals surface area contributed by atoms with Crippen LogP contribution >= 0.6 is 11.3 Å². The summed E-state index contributed by atoms with van der Waals surface area (Å²) < 4.78 is 13.2. The second-order valence-electron chi connectivity index (χ2n) is 7.26. The number of carbonyl (C=O) groups is 1. The summed E-state index contributed by atoms with van der Waals surface area (Å²) in [7, 11) is 0. The average Bonchev–Trinajstić information content (AvgIpc) is 3.13. The lowest BCUT2D eigenvalue weighted by Crippen LogP contribution is -2.38. The van der Waals surface area contributed by atoms with Crippen LogP contribution < -0.4 is 0 Å². The first-order valence-electron chi connectivity index (χ1n) is 9.45. The van der Waals surface area contributed by atoms with Crippen molar-refractivity contribution in [3.63, 3.8) is 0 Å². The standard InChI is InChI=1S/C22H22FN3OS/c1-14-11-18(16-3-5-19(23)6-4-16)12-20(25-14)17-7-9-26(10-8-17)22(27)21-15(2)24-13-28-21/h3-6,11-13,17H,7-10H2,1-2H3. The predicted octanol–water partition coefficient (Wildman–Crippen LogP) is 4.98. The first kappa shape index (κ1) is 18.7. The van der Waals surface area contributed by atoms with E-state index >= 15 is 0 Å². The largest absolute Gasteiger partial charge is 0.338 e. The first-order chi connectivity index (χ1) is 13.5. The molecule has 1 aliphatic rings. The molecular weight excluding hydrogens is 373 g/mol. The van der Waals surface area contributed by atoms with Crippen molar-refractivity contribution in [2.75, 3.05) is 13.1 Å². The number of rotatable bonds is 3. The van der Waals surface area contributed by atoms with Gasteiger partial charge < -0.3 is 4.90 Å². The van der Waals surface area contributed by atoms with Crippen molar-refractivity contribution in [2.24, 2.45) is 0 Å². The summed E-state index contributed by atoms with van der Waals surface area (Å²) >= 11 is 1.41. The minimum absolute atomic E-state index is 0.0858. The van der Waals surface area contributed by atoms with Crippen LogP contribution in [0.4, 0.5) is 4.39 Å². The van der Waals surface area contributed by atoms with Gasteiger partial charge in [-0.1, -0.05) is 12.1 Å². The van der Waals surface area contributed by atoms with Gasteiger partial charge in [-0.3, -0.25) is 9.78 Å². The molecule has 1 aromatic carbocycles. The lowest BCUT2D eigenvalue weighted by molar-refractivity contribution is 0.0716. The number of benzene rings is 1. The normalized spacial score (nSPS) is 15.0. The van der Waals surface area contributed by atoms with Crippen LogP contribution in [0.5, 0.6) is 0 Å². The van der Waals surface area contributed by atoms with Crippen LogP contribution in [-0.4, -0.2) is 33.9 Å². The number of thiazole rings is 1. The molecule has 2 aromatic heterocycles. The molecule has 28 heavy (non-hydrogen) atoms. The summed E-state index contributed by atoms with van der Waals surface area (Å²) in [5.41, 5.74) is 6.59. The number of nitrogens with zero attached hydrogens (tertiary/aromatic N) is 3. The van der Waals surface area contributed by atoms with E-state index in [2.05, 4.69) is 11.1 Å². The van der Waals surface area contributed by atoms with Crippen LogP contribution in [0.2, 0.25) is 0 Å². The fourth-order valence-corrected chi connectivity index (χ4v) is 4.51. The molecule has 4 nitrogen and oxygen atoms in total. The third-order valence-electron chi connectivity index (χ3n) is 5.29. The molecule has 0 bridgehead atoms. The topological polar surface area (TPSA) is 46.1 Å². The van der Waals surface area contributed by atoms with E-state index in [1.165, 1.54) is 23.5 Å². The Hall–Kier alpha value is -2.60. The average molecular weight is 396 g/mol. The zero-order valence-electron chi connectivity index (χ0n) is 16.0. The predicted molar refractivity (Wildman–Crippen MR) is 109 cm³/mol. The lowest BCUT2D eigenvalue weighted by atomic mass is 9.91. The Morgan fingerprint density at radius 1 is 1.11 bits per heavy atom. The summed E-state index contributed by atoms with van der Waals surface area (Å²) in [6, 6.07) is 10.7. The SMILES string of the molecule is Cc1cc(-c2ccc(F)cc2)cc(C2CCN(C(=O)c3scnc3C)CC2)n1. The molecule has 0 N–H and O–H groups in total. The van der Waals surface area contributed by atoms with E-state index in [0.717, 1.165) is 59.0 Å². The molecule has 0 spiro atoms. The summed E-state index contributed by atoms with van der Waals surface area (Å²) in [5, 5.41) is 0. The van der Waals surface area contributed by atoms with Gasteiger partial charge >= 0.3 is 0 Å². The molecule has 0 atom stereocenters. The molecular formula is C22H22FN3OS. The van der Waals surface area contributed by atoms with Gasteiger partial charge in [0.1, 0.15) is 10.7 Å². The molecule has 1 saturated heterocycles. The molecule has 1 aliphatic heterocycles. The van der Waals surface area contributed by atoms with E-state index in [0.29, 0.717) is 5.92 Å². The highest BCUT2D eigenvalue weighted by Crippen LogP contribution is 2.31. The minimum atomic E-state index is -0.233. The number of hydrogen-bond acceptors (Lipinski definition) is 4. The van der Waals surface area contributed by atoms with E-state index in [9.17, 15) is 9.18 Å². The third-order valence-corrected chi connectivity index (χ3v) is 6.21. The van der Waals surface area contributed by atoms with E-state index in [-0.39, 0.29) is 11.7 Å². The number of pyridine rings is 1. The third kappa shape index (κ3) is 3.83. The van der Waals surface area contributed by atoms with Gasteiger partial charge in [-0.05, 0) is 62.1 Å². The first-order valence-corrected chi connectivity index (χ1v) is 10.3. The van der Waals surface area contributed by atoms with E-state index in [1.54, 1.807) is 17.6 Å². The molecule has 6 heteroatoms. The molecule has 1 amide bonds. The molecule has 1 fully saturated rings. The molecule has 144 valence electrons. The van der Waals surface area contributed by atoms with Crippen molar-refractivity contribution in [1.29, 1.82) is 0 Å². The molecule has 4 rings (SSSR count). The van der Waals surface area contributed by atoms with E-state index in [1.807, 2.05) is 24.8 Å². The Balaban J connectivity index is 1.49. The fourth-order valence-electron chi connectivity index (χ4n) is 3.74. The fraction of sp³-hybridized carbons (Fsp3) is 0.318. The van der Waals surface area contributed by atoms with E-state index < -0.39 is 0 Å². The molecule has 3 heterocycles. The van der Waals surface area contributed by atoms with Crippen molar-refractivity contribution in [1.82, 2.24) is 14.9 Å². The number of halogens is 1. The summed E-state index contributed by atoms with van der Waals surface area (Å²) in [5.74, 6) is 0.177. The van der Waals surface area contributed by atoms with Crippen molar-refractivity contribution < 1.29 is 9.18 Å². The van der Waals surface area contributed by atoms with Gasteiger partial charge in [-0.25, -0.2) is 9.37 Å². The van der Waals surface area contributed by atoms with Crippen LogP contribution in [-0.2, 0) is 0 Å². The number of hydrogen-bond donors (Lipinski definition) is 0.